The molecule has 6 nitrogen and oxygen atoms in total. The van der Waals surface area contributed by atoms with Gasteiger partial charge < -0.3 is 15.1 Å². The van der Waals surface area contributed by atoms with Crippen LogP contribution in [-0.4, -0.2) is 74.0 Å². The van der Waals surface area contributed by atoms with Crippen LogP contribution in [0.15, 0.2) is 24.3 Å². The fourth-order valence-corrected chi connectivity index (χ4v) is 4.13. The first-order valence-corrected chi connectivity index (χ1v) is 12.1. The Morgan fingerprint density at radius 2 is 1.71 bits per heavy atom. The lowest BCUT2D eigenvalue weighted by Crippen LogP contribution is -2.47. The van der Waals surface area contributed by atoms with Gasteiger partial charge in [-0.2, -0.15) is 0 Å². The first kappa shape index (κ1) is 25.2. The van der Waals surface area contributed by atoms with Crippen molar-refractivity contribution in [3.8, 4) is 0 Å². The fraction of sp³-hybridized carbons (Fsp3) is 0.680. The van der Waals surface area contributed by atoms with Crippen LogP contribution in [0.25, 0.3) is 0 Å². The zero-order valence-electron chi connectivity index (χ0n) is 19.9. The highest BCUT2D eigenvalue weighted by molar-refractivity contribution is 5.78. The molecular weight excluding hydrogens is 388 g/mol. The third kappa shape index (κ3) is 9.30. The molecule has 31 heavy (non-hydrogen) atoms. The van der Waals surface area contributed by atoms with E-state index in [0.29, 0.717) is 25.8 Å². The Kier molecular flexibility index (Phi) is 11.4. The number of piperazine rings is 1. The summed E-state index contributed by atoms with van der Waals surface area (Å²) in [6.07, 6.45) is 4.47. The second kappa shape index (κ2) is 14.1. The number of rotatable bonds is 13. The zero-order chi connectivity index (χ0) is 22.5. The topological polar surface area (TPSA) is 55.9 Å². The molecule has 174 valence electrons. The van der Waals surface area contributed by atoms with Crippen molar-refractivity contribution in [3.63, 3.8) is 0 Å². The largest absolute Gasteiger partial charge is 0.369 e. The highest BCUT2D eigenvalue weighted by atomic mass is 16.2. The van der Waals surface area contributed by atoms with Crippen molar-refractivity contribution in [2.75, 3.05) is 57.3 Å². The standard InChI is InChI=1S/C25H42N4O2/c1-4-14-29(15-5-2)25(31)12-7-11-24(30)26-13-8-16-27-17-19-28(20-18-27)23-10-6-9-22(3)21-23/h6,9-10,21H,4-5,7-8,11-20H2,1-3H3,(H,26,30). The molecule has 1 aliphatic heterocycles. The normalized spacial score (nSPS) is 14.5. The van der Waals surface area contributed by atoms with Crippen molar-refractivity contribution in [1.82, 2.24) is 15.1 Å². The molecule has 0 spiro atoms. The average Bonchev–Trinajstić information content (AvgIpc) is 2.77. The molecule has 0 unspecified atom stereocenters. The molecule has 0 bridgehead atoms. The summed E-state index contributed by atoms with van der Waals surface area (Å²) in [5.41, 5.74) is 2.62. The Bertz CT molecular complexity index is 665. The van der Waals surface area contributed by atoms with Gasteiger partial charge in [-0.1, -0.05) is 26.0 Å². The van der Waals surface area contributed by atoms with Gasteiger partial charge in [0.15, 0.2) is 0 Å². The molecular formula is C25H42N4O2. The second-order valence-corrected chi connectivity index (χ2v) is 8.61. The number of carbonyl (C=O) groups is 2. The number of nitrogens with zero attached hydrogens (tertiary/aromatic N) is 3. The van der Waals surface area contributed by atoms with E-state index in [2.05, 4.69) is 60.2 Å². The van der Waals surface area contributed by atoms with Crippen LogP contribution >= 0.6 is 0 Å². The van der Waals surface area contributed by atoms with Crippen LogP contribution < -0.4 is 10.2 Å². The Morgan fingerprint density at radius 1 is 1.00 bits per heavy atom. The summed E-state index contributed by atoms with van der Waals surface area (Å²) >= 11 is 0. The van der Waals surface area contributed by atoms with E-state index >= 15 is 0 Å². The number of benzene rings is 1. The van der Waals surface area contributed by atoms with Gasteiger partial charge in [0.25, 0.3) is 0 Å². The third-order valence-corrected chi connectivity index (χ3v) is 5.85. The Labute approximate surface area is 189 Å². The van der Waals surface area contributed by atoms with E-state index in [4.69, 9.17) is 0 Å². The van der Waals surface area contributed by atoms with Gasteiger partial charge in [0.1, 0.15) is 0 Å². The molecule has 1 aliphatic rings. The number of hydrogen-bond donors (Lipinski definition) is 1. The van der Waals surface area contributed by atoms with Crippen molar-refractivity contribution < 1.29 is 9.59 Å². The number of hydrogen-bond acceptors (Lipinski definition) is 4. The van der Waals surface area contributed by atoms with Gasteiger partial charge in [-0.3, -0.25) is 14.5 Å². The minimum atomic E-state index is 0.0644. The second-order valence-electron chi connectivity index (χ2n) is 8.61. The quantitative estimate of drug-likeness (QED) is 0.487. The number of nitrogens with one attached hydrogen (secondary N) is 1. The Balaban J connectivity index is 1.53. The smallest absolute Gasteiger partial charge is 0.222 e. The van der Waals surface area contributed by atoms with Crippen LogP contribution in [0.5, 0.6) is 0 Å². The summed E-state index contributed by atoms with van der Waals surface area (Å²) < 4.78 is 0. The SMILES string of the molecule is CCCN(CCC)C(=O)CCCC(=O)NCCCN1CCN(c2cccc(C)c2)CC1. The van der Waals surface area contributed by atoms with E-state index in [0.717, 1.165) is 65.1 Å². The summed E-state index contributed by atoms with van der Waals surface area (Å²) in [6, 6.07) is 8.71. The summed E-state index contributed by atoms with van der Waals surface area (Å²) in [6.45, 7) is 13.9. The molecule has 2 rings (SSSR count). The predicted molar refractivity (Wildman–Crippen MR) is 128 cm³/mol. The Morgan fingerprint density at radius 3 is 2.35 bits per heavy atom. The van der Waals surface area contributed by atoms with Crippen LogP contribution in [0.3, 0.4) is 0 Å². The molecule has 0 saturated carbocycles. The minimum absolute atomic E-state index is 0.0644. The highest BCUT2D eigenvalue weighted by Crippen LogP contribution is 2.17. The van der Waals surface area contributed by atoms with Crippen LogP contribution in [-0.2, 0) is 9.59 Å². The van der Waals surface area contributed by atoms with Crippen LogP contribution in [0, 0.1) is 6.92 Å². The summed E-state index contributed by atoms with van der Waals surface area (Å²) in [5, 5.41) is 3.02. The lowest BCUT2D eigenvalue weighted by Gasteiger charge is -2.36. The molecule has 0 aliphatic carbocycles. The Hall–Kier alpha value is -2.08. The molecule has 1 heterocycles. The molecule has 1 aromatic rings. The van der Waals surface area contributed by atoms with E-state index in [-0.39, 0.29) is 11.8 Å². The van der Waals surface area contributed by atoms with Crippen molar-refractivity contribution in [2.45, 2.75) is 59.3 Å². The minimum Gasteiger partial charge on any atom is -0.369 e. The number of carbonyl (C=O) groups excluding carboxylic acids is 2. The number of aryl methyl sites for hydroxylation is 1. The predicted octanol–water partition coefficient (Wildman–Crippen LogP) is 3.44. The van der Waals surface area contributed by atoms with Crippen molar-refractivity contribution in [2.24, 2.45) is 0 Å². The summed E-state index contributed by atoms with van der Waals surface area (Å²) in [7, 11) is 0. The first-order valence-electron chi connectivity index (χ1n) is 12.1. The van der Waals surface area contributed by atoms with Gasteiger partial charge >= 0.3 is 0 Å². The first-order chi connectivity index (χ1) is 15.0. The van der Waals surface area contributed by atoms with Crippen LogP contribution in [0.4, 0.5) is 5.69 Å². The maximum Gasteiger partial charge on any atom is 0.222 e. The molecule has 1 fully saturated rings. The van der Waals surface area contributed by atoms with E-state index in [1.165, 1.54) is 11.3 Å². The molecule has 1 saturated heterocycles. The van der Waals surface area contributed by atoms with E-state index in [1.807, 2.05) is 4.90 Å². The van der Waals surface area contributed by atoms with Crippen molar-refractivity contribution >= 4 is 17.5 Å². The van der Waals surface area contributed by atoms with Gasteiger partial charge in [0.05, 0.1) is 0 Å². The van der Waals surface area contributed by atoms with Gasteiger partial charge in [-0.15, -0.1) is 0 Å². The van der Waals surface area contributed by atoms with Gasteiger partial charge in [-0.05, 0) is 56.8 Å². The van der Waals surface area contributed by atoms with Crippen molar-refractivity contribution in [3.05, 3.63) is 29.8 Å². The summed E-state index contributed by atoms with van der Waals surface area (Å²) in [4.78, 5) is 31.2. The fourth-order valence-electron chi connectivity index (χ4n) is 4.13. The maximum absolute atomic E-state index is 12.3. The molecule has 0 atom stereocenters. The zero-order valence-corrected chi connectivity index (χ0v) is 19.9. The van der Waals surface area contributed by atoms with E-state index in [1.54, 1.807) is 0 Å². The van der Waals surface area contributed by atoms with E-state index in [9.17, 15) is 9.59 Å². The lowest BCUT2D eigenvalue weighted by molar-refractivity contribution is -0.131. The van der Waals surface area contributed by atoms with E-state index < -0.39 is 0 Å². The van der Waals surface area contributed by atoms with Crippen molar-refractivity contribution in [1.29, 1.82) is 0 Å². The lowest BCUT2D eigenvalue weighted by atomic mass is 10.2. The molecule has 1 aromatic carbocycles. The third-order valence-electron chi connectivity index (χ3n) is 5.85. The van der Waals surface area contributed by atoms with Gasteiger partial charge in [0.2, 0.25) is 11.8 Å². The van der Waals surface area contributed by atoms with Gasteiger partial charge in [-0.25, -0.2) is 0 Å². The molecule has 2 amide bonds. The highest BCUT2D eigenvalue weighted by Gasteiger charge is 2.17. The van der Waals surface area contributed by atoms with Gasteiger partial charge in [0, 0.05) is 64.3 Å². The summed E-state index contributed by atoms with van der Waals surface area (Å²) in [5.74, 6) is 0.246. The maximum atomic E-state index is 12.3. The van der Waals surface area contributed by atoms with Crippen LogP contribution in [0.1, 0.15) is 57.9 Å². The monoisotopic (exact) mass is 430 g/mol. The molecule has 0 aromatic heterocycles. The molecule has 1 N–H and O–H groups in total. The molecule has 0 radical (unpaired) electrons. The number of anilines is 1. The average molecular weight is 431 g/mol. The number of amides is 2. The molecule has 6 heteroatoms. The van der Waals surface area contributed by atoms with Crippen LogP contribution in [0.2, 0.25) is 0 Å².